The number of nitrogens with zero attached hydrogens (tertiary/aromatic N) is 2. The number of aromatic nitrogens is 2. The molecule has 0 spiro atoms. The Bertz CT molecular complexity index is 690. The lowest BCUT2D eigenvalue weighted by Gasteiger charge is -2.04. The molecule has 0 amide bonds. The van der Waals surface area contributed by atoms with Gasteiger partial charge in [-0.05, 0) is 29.8 Å². The van der Waals surface area contributed by atoms with Gasteiger partial charge in [0.05, 0.1) is 11.7 Å². The Balaban J connectivity index is 1.66. The van der Waals surface area contributed by atoms with E-state index in [0.29, 0.717) is 0 Å². The first-order valence-electron chi connectivity index (χ1n) is 6.19. The summed E-state index contributed by atoms with van der Waals surface area (Å²) in [6.45, 7) is 1.67. The minimum atomic E-state index is 0.819. The van der Waals surface area contributed by atoms with Crippen molar-refractivity contribution in [1.82, 2.24) is 14.9 Å². The summed E-state index contributed by atoms with van der Waals surface area (Å²) in [5, 5.41) is 7.78. The molecule has 19 heavy (non-hydrogen) atoms. The van der Waals surface area contributed by atoms with Crippen LogP contribution in [0.25, 0.3) is 5.52 Å². The van der Waals surface area contributed by atoms with E-state index in [-0.39, 0.29) is 0 Å². The fourth-order valence-corrected chi connectivity index (χ4v) is 2.56. The molecule has 2 aromatic heterocycles. The summed E-state index contributed by atoms with van der Waals surface area (Å²) < 4.78 is 3.01. The Morgan fingerprint density at radius 3 is 2.95 bits per heavy atom. The van der Waals surface area contributed by atoms with Gasteiger partial charge in [0.2, 0.25) is 0 Å². The summed E-state index contributed by atoms with van der Waals surface area (Å²) in [7, 11) is 0. The topological polar surface area (TPSA) is 29.3 Å². The van der Waals surface area contributed by atoms with E-state index in [1.165, 1.54) is 11.1 Å². The maximum atomic E-state index is 4.33. The van der Waals surface area contributed by atoms with Crippen LogP contribution in [0.15, 0.2) is 59.3 Å². The predicted octanol–water partition coefficient (Wildman–Crippen LogP) is 3.39. The van der Waals surface area contributed by atoms with E-state index in [1.54, 1.807) is 0 Å². The molecular formula is C15H14BrN3. The average molecular weight is 316 g/mol. The highest BCUT2D eigenvalue weighted by Crippen LogP contribution is 2.12. The van der Waals surface area contributed by atoms with Crippen LogP contribution < -0.4 is 5.32 Å². The minimum Gasteiger partial charge on any atom is -0.308 e. The Kier molecular flexibility index (Phi) is 3.62. The Morgan fingerprint density at radius 2 is 2.05 bits per heavy atom. The van der Waals surface area contributed by atoms with Crippen LogP contribution in [0, 0.1) is 0 Å². The fraction of sp³-hybridized carbons (Fsp3) is 0.133. The number of fused-ring (bicyclic) bond motifs is 1. The molecule has 0 aliphatic rings. The number of hydrogen-bond donors (Lipinski definition) is 1. The van der Waals surface area contributed by atoms with Gasteiger partial charge in [0.25, 0.3) is 0 Å². The van der Waals surface area contributed by atoms with Crippen molar-refractivity contribution in [2.24, 2.45) is 0 Å². The van der Waals surface area contributed by atoms with E-state index in [9.17, 15) is 0 Å². The summed E-state index contributed by atoms with van der Waals surface area (Å²) in [5.74, 6) is 0. The molecule has 3 nitrogen and oxygen atoms in total. The normalized spacial score (nSPS) is 11.0. The van der Waals surface area contributed by atoms with E-state index in [1.807, 2.05) is 35.1 Å². The summed E-state index contributed by atoms with van der Waals surface area (Å²) in [6.07, 6.45) is 3.89. The van der Waals surface area contributed by atoms with Gasteiger partial charge in [-0.2, -0.15) is 5.10 Å². The van der Waals surface area contributed by atoms with Gasteiger partial charge in [-0.3, -0.25) is 0 Å². The molecule has 3 aromatic rings. The lowest BCUT2D eigenvalue weighted by atomic mass is 10.2. The lowest BCUT2D eigenvalue weighted by Crippen LogP contribution is -2.12. The van der Waals surface area contributed by atoms with Crippen molar-refractivity contribution in [3.05, 3.63) is 70.5 Å². The largest absolute Gasteiger partial charge is 0.308 e. The van der Waals surface area contributed by atoms with Crippen molar-refractivity contribution in [3.63, 3.8) is 0 Å². The molecule has 1 N–H and O–H groups in total. The molecule has 1 aromatic carbocycles. The Labute approximate surface area is 120 Å². The van der Waals surface area contributed by atoms with Gasteiger partial charge < -0.3 is 5.32 Å². The van der Waals surface area contributed by atoms with Crippen LogP contribution in [-0.4, -0.2) is 9.61 Å². The van der Waals surface area contributed by atoms with Gasteiger partial charge in [-0.1, -0.05) is 34.1 Å². The highest BCUT2D eigenvalue weighted by molar-refractivity contribution is 9.10. The monoisotopic (exact) mass is 315 g/mol. The van der Waals surface area contributed by atoms with Gasteiger partial charge in [0.15, 0.2) is 0 Å². The molecular weight excluding hydrogens is 302 g/mol. The number of nitrogens with one attached hydrogen (secondary N) is 1. The maximum Gasteiger partial charge on any atom is 0.0706 e. The minimum absolute atomic E-state index is 0.819. The number of hydrogen-bond acceptors (Lipinski definition) is 2. The third-order valence-corrected chi connectivity index (χ3v) is 3.53. The van der Waals surface area contributed by atoms with E-state index in [2.05, 4.69) is 50.6 Å². The van der Waals surface area contributed by atoms with Gasteiger partial charge in [0.1, 0.15) is 0 Å². The predicted molar refractivity (Wildman–Crippen MR) is 79.9 cm³/mol. The molecule has 0 bridgehead atoms. The second kappa shape index (κ2) is 5.55. The van der Waals surface area contributed by atoms with Gasteiger partial charge >= 0.3 is 0 Å². The standard InChI is InChI=1S/C15H14BrN3/c16-14-5-3-4-12(8-14)9-17-10-13-11-18-19-7-2-1-6-15(13)19/h1-8,11,17H,9-10H2. The Morgan fingerprint density at radius 1 is 1.11 bits per heavy atom. The molecule has 0 unspecified atom stereocenters. The zero-order valence-corrected chi connectivity index (χ0v) is 12.0. The zero-order valence-electron chi connectivity index (χ0n) is 10.4. The molecule has 0 atom stereocenters. The van der Waals surface area contributed by atoms with E-state index in [4.69, 9.17) is 0 Å². The third-order valence-electron chi connectivity index (χ3n) is 3.04. The molecule has 0 saturated heterocycles. The molecule has 2 heterocycles. The SMILES string of the molecule is Brc1cccc(CNCc2cnn3ccccc23)c1. The maximum absolute atomic E-state index is 4.33. The highest BCUT2D eigenvalue weighted by Gasteiger charge is 2.02. The Hall–Kier alpha value is -1.65. The van der Waals surface area contributed by atoms with Gasteiger partial charge in [0, 0.05) is 29.3 Å². The number of benzene rings is 1. The third kappa shape index (κ3) is 2.85. The van der Waals surface area contributed by atoms with Crippen LogP contribution in [0.4, 0.5) is 0 Å². The van der Waals surface area contributed by atoms with Crippen LogP contribution in [0.2, 0.25) is 0 Å². The highest BCUT2D eigenvalue weighted by atomic mass is 79.9. The van der Waals surface area contributed by atoms with Gasteiger partial charge in [-0.25, -0.2) is 4.52 Å². The lowest BCUT2D eigenvalue weighted by molar-refractivity contribution is 0.696. The van der Waals surface area contributed by atoms with E-state index >= 15 is 0 Å². The molecule has 3 rings (SSSR count). The summed E-state index contributed by atoms with van der Waals surface area (Å²) >= 11 is 3.48. The molecule has 0 aliphatic carbocycles. The average Bonchev–Trinajstić information content (AvgIpc) is 2.83. The fourth-order valence-electron chi connectivity index (χ4n) is 2.11. The first kappa shape index (κ1) is 12.4. The van der Waals surface area contributed by atoms with Crippen LogP contribution >= 0.6 is 15.9 Å². The van der Waals surface area contributed by atoms with Crippen molar-refractivity contribution >= 4 is 21.4 Å². The van der Waals surface area contributed by atoms with Crippen LogP contribution in [0.3, 0.4) is 0 Å². The molecule has 0 aliphatic heterocycles. The quantitative estimate of drug-likeness (QED) is 0.799. The van der Waals surface area contributed by atoms with Crippen LogP contribution in [-0.2, 0) is 13.1 Å². The molecule has 4 heteroatoms. The smallest absolute Gasteiger partial charge is 0.0706 e. The molecule has 0 radical (unpaired) electrons. The number of halogens is 1. The number of pyridine rings is 1. The summed E-state index contributed by atoms with van der Waals surface area (Å²) in [4.78, 5) is 0. The van der Waals surface area contributed by atoms with Crippen molar-refractivity contribution in [3.8, 4) is 0 Å². The first-order valence-corrected chi connectivity index (χ1v) is 6.98. The van der Waals surface area contributed by atoms with Crippen LogP contribution in [0.1, 0.15) is 11.1 Å². The van der Waals surface area contributed by atoms with Crippen molar-refractivity contribution in [1.29, 1.82) is 0 Å². The summed E-state index contributed by atoms with van der Waals surface area (Å²) in [5.41, 5.74) is 3.64. The van der Waals surface area contributed by atoms with E-state index < -0.39 is 0 Å². The van der Waals surface area contributed by atoms with Crippen molar-refractivity contribution < 1.29 is 0 Å². The number of rotatable bonds is 4. The van der Waals surface area contributed by atoms with Gasteiger partial charge in [-0.15, -0.1) is 0 Å². The van der Waals surface area contributed by atoms with Crippen molar-refractivity contribution in [2.75, 3.05) is 0 Å². The zero-order chi connectivity index (χ0) is 13.1. The second-order valence-corrected chi connectivity index (χ2v) is 5.35. The molecule has 96 valence electrons. The summed E-state index contributed by atoms with van der Waals surface area (Å²) in [6, 6.07) is 14.4. The molecule has 0 fully saturated rings. The van der Waals surface area contributed by atoms with Crippen molar-refractivity contribution in [2.45, 2.75) is 13.1 Å². The second-order valence-electron chi connectivity index (χ2n) is 4.43. The van der Waals surface area contributed by atoms with E-state index in [0.717, 1.165) is 23.1 Å². The first-order chi connectivity index (χ1) is 9.33. The molecule has 0 saturated carbocycles. The van der Waals surface area contributed by atoms with Crippen LogP contribution in [0.5, 0.6) is 0 Å².